The molecule has 0 bridgehead atoms. The van der Waals surface area contributed by atoms with Crippen molar-refractivity contribution in [2.75, 3.05) is 17.3 Å². The Hall–Kier alpha value is -4.19. The highest BCUT2D eigenvalue weighted by Crippen LogP contribution is 2.36. The molecular weight excluding hydrogens is 414 g/mol. The Labute approximate surface area is 193 Å². The second kappa shape index (κ2) is 9.12. The molecule has 6 heteroatoms. The van der Waals surface area contributed by atoms with E-state index in [0.29, 0.717) is 34.8 Å². The molecule has 6 nitrogen and oxygen atoms in total. The van der Waals surface area contributed by atoms with Gasteiger partial charge in [0, 0.05) is 26.2 Å². The van der Waals surface area contributed by atoms with Crippen molar-refractivity contribution in [3.8, 4) is 0 Å². The van der Waals surface area contributed by atoms with Crippen LogP contribution in [0.25, 0.3) is 5.57 Å². The predicted molar refractivity (Wildman–Crippen MR) is 129 cm³/mol. The summed E-state index contributed by atoms with van der Waals surface area (Å²) in [5, 5.41) is 2.72. The molecule has 0 spiro atoms. The summed E-state index contributed by atoms with van der Waals surface area (Å²) in [6, 6.07) is 24.1. The molecule has 1 heterocycles. The molecule has 3 aromatic carbocycles. The summed E-state index contributed by atoms with van der Waals surface area (Å²) < 4.78 is 0. The van der Waals surface area contributed by atoms with Crippen LogP contribution >= 0.6 is 0 Å². The van der Waals surface area contributed by atoms with Crippen molar-refractivity contribution in [2.45, 2.75) is 20.4 Å². The minimum Gasteiger partial charge on any atom is -0.365 e. The van der Waals surface area contributed by atoms with Crippen LogP contribution in [0.5, 0.6) is 0 Å². The molecule has 1 aliphatic heterocycles. The molecule has 0 saturated heterocycles. The Kier molecular flexibility index (Phi) is 6.09. The fourth-order valence-corrected chi connectivity index (χ4v) is 4.03. The first-order valence-corrected chi connectivity index (χ1v) is 10.7. The van der Waals surface area contributed by atoms with Gasteiger partial charge in [0.1, 0.15) is 5.70 Å². The van der Waals surface area contributed by atoms with E-state index in [9.17, 15) is 14.4 Å². The van der Waals surface area contributed by atoms with Gasteiger partial charge in [0.25, 0.3) is 11.8 Å². The Bertz CT molecular complexity index is 1250. The van der Waals surface area contributed by atoms with Gasteiger partial charge in [-0.15, -0.1) is 0 Å². The van der Waals surface area contributed by atoms with E-state index >= 15 is 0 Å². The third-order valence-electron chi connectivity index (χ3n) is 5.55. The molecule has 0 atom stereocenters. The average molecular weight is 440 g/mol. The standard InChI is InChI=1S/C27H25N3O3/c1-18-9-7-8-12-23(18)30-26(32)24(21-13-15-22(16-14-21)28-19(2)31)25(27(30)33)29(3)17-20-10-5-4-6-11-20/h4-16H,17H2,1-3H3,(H,28,31). The van der Waals surface area contributed by atoms with Crippen LogP contribution in [0.2, 0.25) is 0 Å². The minimum atomic E-state index is -0.364. The average Bonchev–Trinajstić information content (AvgIpc) is 3.05. The van der Waals surface area contributed by atoms with Crippen LogP contribution in [0.15, 0.2) is 84.6 Å². The normalized spacial score (nSPS) is 13.5. The molecule has 0 unspecified atom stereocenters. The topological polar surface area (TPSA) is 69.7 Å². The zero-order valence-corrected chi connectivity index (χ0v) is 18.8. The van der Waals surface area contributed by atoms with E-state index < -0.39 is 0 Å². The van der Waals surface area contributed by atoms with Gasteiger partial charge in [-0.05, 0) is 41.8 Å². The van der Waals surface area contributed by atoms with E-state index in [2.05, 4.69) is 5.32 Å². The molecular formula is C27H25N3O3. The molecule has 3 amide bonds. The van der Waals surface area contributed by atoms with Gasteiger partial charge in [0.2, 0.25) is 5.91 Å². The number of anilines is 2. The first-order chi connectivity index (χ1) is 15.9. The van der Waals surface area contributed by atoms with Crippen LogP contribution in [0, 0.1) is 6.92 Å². The van der Waals surface area contributed by atoms with Crippen molar-refractivity contribution in [3.05, 3.63) is 101 Å². The maximum atomic E-state index is 13.6. The van der Waals surface area contributed by atoms with Crippen molar-refractivity contribution in [3.63, 3.8) is 0 Å². The Morgan fingerprint density at radius 3 is 2.15 bits per heavy atom. The number of nitrogens with zero attached hydrogens (tertiary/aromatic N) is 2. The van der Waals surface area contributed by atoms with Crippen molar-refractivity contribution >= 4 is 34.7 Å². The molecule has 1 aliphatic rings. The molecule has 0 radical (unpaired) electrons. The number of nitrogens with one attached hydrogen (secondary N) is 1. The fourth-order valence-electron chi connectivity index (χ4n) is 4.03. The number of hydrogen-bond donors (Lipinski definition) is 1. The summed E-state index contributed by atoms with van der Waals surface area (Å²) in [6.07, 6.45) is 0. The number of hydrogen-bond acceptors (Lipinski definition) is 4. The van der Waals surface area contributed by atoms with Gasteiger partial charge < -0.3 is 10.2 Å². The number of benzene rings is 3. The van der Waals surface area contributed by atoms with E-state index in [1.807, 2.05) is 67.4 Å². The highest BCUT2D eigenvalue weighted by Gasteiger charge is 2.42. The number of likely N-dealkylation sites (N-methyl/N-ethyl adjacent to an activating group) is 1. The number of rotatable bonds is 6. The largest absolute Gasteiger partial charge is 0.365 e. The monoisotopic (exact) mass is 439 g/mol. The van der Waals surface area contributed by atoms with E-state index in [0.717, 1.165) is 11.1 Å². The molecule has 0 aromatic heterocycles. The van der Waals surface area contributed by atoms with Crippen LogP contribution in [0.1, 0.15) is 23.6 Å². The van der Waals surface area contributed by atoms with Crippen LogP contribution < -0.4 is 10.2 Å². The van der Waals surface area contributed by atoms with E-state index in [1.54, 1.807) is 30.3 Å². The van der Waals surface area contributed by atoms with Crippen molar-refractivity contribution in [1.29, 1.82) is 0 Å². The smallest absolute Gasteiger partial charge is 0.282 e. The van der Waals surface area contributed by atoms with Gasteiger partial charge >= 0.3 is 0 Å². The predicted octanol–water partition coefficient (Wildman–Crippen LogP) is 4.37. The van der Waals surface area contributed by atoms with Gasteiger partial charge in [-0.2, -0.15) is 0 Å². The van der Waals surface area contributed by atoms with Crippen LogP contribution in [0.3, 0.4) is 0 Å². The van der Waals surface area contributed by atoms with Gasteiger partial charge in [-0.3, -0.25) is 14.4 Å². The van der Waals surface area contributed by atoms with E-state index in [1.165, 1.54) is 11.8 Å². The third kappa shape index (κ3) is 4.41. The number of carbonyl (C=O) groups excluding carboxylic acids is 3. The summed E-state index contributed by atoms with van der Waals surface area (Å²) in [5.74, 6) is -0.895. The Balaban J connectivity index is 1.79. The molecule has 33 heavy (non-hydrogen) atoms. The molecule has 0 saturated carbocycles. The second-order valence-electron chi connectivity index (χ2n) is 8.06. The first kappa shape index (κ1) is 22.0. The number of carbonyl (C=O) groups is 3. The fraction of sp³-hybridized carbons (Fsp3) is 0.148. The lowest BCUT2D eigenvalue weighted by Gasteiger charge is -2.22. The number of para-hydroxylation sites is 1. The van der Waals surface area contributed by atoms with Crippen LogP contribution in [-0.2, 0) is 20.9 Å². The molecule has 4 rings (SSSR count). The third-order valence-corrected chi connectivity index (χ3v) is 5.55. The number of imide groups is 1. The van der Waals surface area contributed by atoms with Gasteiger partial charge in [0.15, 0.2) is 0 Å². The van der Waals surface area contributed by atoms with Crippen molar-refractivity contribution in [1.82, 2.24) is 4.90 Å². The van der Waals surface area contributed by atoms with Crippen molar-refractivity contribution < 1.29 is 14.4 Å². The molecule has 3 aromatic rings. The highest BCUT2D eigenvalue weighted by atomic mass is 16.2. The molecule has 0 fully saturated rings. The Morgan fingerprint density at radius 1 is 0.879 bits per heavy atom. The summed E-state index contributed by atoms with van der Waals surface area (Å²) in [7, 11) is 1.82. The zero-order valence-electron chi connectivity index (χ0n) is 18.8. The lowest BCUT2D eigenvalue weighted by Crippen LogP contribution is -2.34. The molecule has 0 aliphatic carbocycles. The number of amides is 3. The second-order valence-corrected chi connectivity index (χ2v) is 8.06. The molecule has 1 N–H and O–H groups in total. The van der Waals surface area contributed by atoms with Crippen LogP contribution in [-0.4, -0.2) is 29.7 Å². The van der Waals surface area contributed by atoms with Gasteiger partial charge in [-0.1, -0.05) is 60.7 Å². The first-order valence-electron chi connectivity index (χ1n) is 10.7. The maximum absolute atomic E-state index is 13.6. The summed E-state index contributed by atoms with van der Waals surface area (Å²) in [6.45, 7) is 3.79. The minimum absolute atomic E-state index is 0.178. The van der Waals surface area contributed by atoms with Crippen molar-refractivity contribution in [2.24, 2.45) is 0 Å². The van der Waals surface area contributed by atoms with Crippen LogP contribution in [0.4, 0.5) is 11.4 Å². The van der Waals surface area contributed by atoms with E-state index in [-0.39, 0.29) is 17.7 Å². The highest BCUT2D eigenvalue weighted by molar-refractivity contribution is 6.45. The maximum Gasteiger partial charge on any atom is 0.282 e. The summed E-state index contributed by atoms with van der Waals surface area (Å²) in [5.41, 5.74) is 4.37. The quantitative estimate of drug-likeness (QED) is 0.579. The lowest BCUT2D eigenvalue weighted by atomic mass is 10.0. The lowest BCUT2D eigenvalue weighted by molar-refractivity contribution is -0.120. The Morgan fingerprint density at radius 2 is 1.52 bits per heavy atom. The zero-order chi connectivity index (χ0) is 23.5. The van der Waals surface area contributed by atoms with Gasteiger partial charge in [-0.25, -0.2) is 4.90 Å². The molecule has 166 valence electrons. The summed E-state index contributed by atoms with van der Waals surface area (Å²) in [4.78, 5) is 41.7. The SMILES string of the molecule is CC(=O)Nc1ccc(C2=C(N(C)Cc3ccccc3)C(=O)N(c3ccccc3C)C2=O)cc1. The number of aryl methyl sites for hydroxylation is 1. The summed E-state index contributed by atoms with van der Waals surface area (Å²) >= 11 is 0. The van der Waals surface area contributed by atoms with Gasteiger partial charge in [0.05, 0.1) is 11.3 Å². The van der Waals surface area contributed by atoms with E-state index in [4.69, 9.17) is 0 Å².